The zero-order valence-corrected chi connectivity index (χ0v) is 22.4. The van der Waals surface area contributed by atoms with Gasteiger partial charge in [-0.3, -0.25) is 9.89 Å². The molecule has 1 aromatic heterocycles. The molecule has 14 heteroatoms. The Morgan fingerprint density at radius 2 is 2.15 bits per heavy atom. The van der Waals surface area contributed by atoms with E-state index >= 15 is 0 Å². The third-order valence-corrected chi connectivity index (χ3v) is 7.31. The number of aliphatic carboxylic acids is 1. The highest BCUT2D eigenvalue weighted by Crippen LogP contribution is 2.38. The van der Waals surface area contributed by atoms with Crippen LogP contribution < -0.4 is 5.32 Å². The molecule has 0 aliphatic carbocycles. The van der Waals surface area contributed by atoms with Gasteiger partial charge in [0.2, 0.25) is 0 Å². The molecule has 0 amide bonds. The summed E-state index contributed by atoms with van der Waals surface area (Å²) in [6, 6.07) is 2.10. The van der Waals surface area contributed by atoms with Crippen molar-refractivity contribution in [1.29, 1.82) is 0 Å². The van der Waals surface area contributed by atoms with Crippen molar-refractivity contribution in [3.8, 4) is 0 Å². The number of carbonyl (C=O) groups is 2. The van der Waals surface area contributed by atoms with Gasteiger partial charge < -0.3 is 19.9 Å². The summed E-state index contributed by atoms with van der Waals surface area (Å²) in [7, 11) is 0. The van der Waals surface area contributed by atoms with E-state index < -0.39 is 48.9 Å². The number of carboxylic acid groups (broad SMARTS) is 1. The molecule has 210 valence electrons. The minimum absolute atomic E-state index is 0.0229. The number of alkyl halides is 2. The molecule has 2 aliphatic rings. The van der Waals surface area contributed by atoms with E-state index in [1.807, 2.05) is 0 Å². The van der Waals surface area contributed by atoms with Crippen LogP contribution in [0.1, 0.15) is 36.4 Å². The Bertz CT molecular complexity index is 1270. The number of aromatic nitrogens is 1. The Morgan fingerprint density at radius 3 is 2.82 bits per heavy atom. The smallest absolute Gasteiger partial charge is 0.338 e. The predicted octanol–water partition coefficient (Wildman–Crippen LogP) is 4.04. The number of halogens is 4. The zero-order valence-electron chi connectivity index (χ0n) is 20.8. The van der Waals surface area contributed by atoms with Crippen LogP contribution >= 0.6 is 22.9 Å². The lowest BCUT2D eigenvalue weighted by molar-refractivity contribution is -0.144. The monoisotopic (exact) mass is 586 g/mol. The van der Waals surface area contributed by atoms with E-state index in [1.165, 1.54) is 28.4 Å². The molecule has 1 saturated heterocycles. The van der Waals surface area contributed by atoms with E-state index in [1.54, 1.807) is 18.5 Å². The lowest BCUT2D eigenvalue weighted by Gasteiger charge is -2.40. The highest BCUT2D eigenvalue weighted by atomic mass is 35.5. The second-order valence-corrected chi connectivity index (χ2v) is 10.3. The first-order valence-corrected chi connectivity index (χ1v) is 13.3. The maximum absolute atomic E-state index is 14.6. The summed E-state index contributed by atoms with van der Waals surface area (Å²) in [6.45, 7) is 0.202. The standard InChI is InChI=1S/C25H26ClF3N4O5S/c1-2-38-24(36)20-18(10-33-13-25(28,29)6-5-15(33)11-37-12-19(34)35)31-22(23-30-7-8-39-23)32-21(20)16-4-3-14(27)9-17(16)26/h3-4,7-9,15,21H,2,5-6,10-13H2,1H3,(H,31,32)(H,34,35)/t15?,21-/m0/s1. The number of hydrogen-bond acceptors (Lipinski definition) is 9. The van der Waals surface area contributed by atoms with Gasteiger partial charge in [0.15, 0.2) is 10.8 Å². The number of piperidine rings is 1. The molecule has 4 rings (SSSR count). The van der Waals surface area contributed by atoms with Gasteiger partial charge in [-0.15, -0.1) is 11.3 Å². The van der Waals surface area contributed by atoms with Crippen molar-refractivity contribution in [3.05, 3.63) is 62.5 Å². The van der Waals surface area contributed by atoms with Crippen molar-refractivity contribution < 1.29 is 37.3 Å². The van der Waals surface area contributed by atoms with Crippen LogP contribution in [0.4, 0.5) is 13.2 Å². The van der Waals surface area contributed by atoms with Gasteiger partial charge in [-0.2, -0.15) is 0 Å². The lowest BCUT2D eigenvalue weighted by Crippen LogP contribution is -2.53. The number of ether oxygens (including phenoxy) is 2. The van der Waals surface area contributed by atoms with Gasteiger partial charge >= 0.3 is 11.9 Å². The van der Waals surface area contributed by atoms with Crippen molar-refractivity contribution >= 4 is 40.7 Å². The fourth-order valence-corrected chi connectivity index (χ4v) is 5.35. The number of esters is 1. The van der Waals surface area contributed by atoms with Crippen LogP contribution in [0.25, 0.3) is 0 Å². The minimum atomic E-state index is -3.01. The quantitative estimate of drug-likeness (QED) is 0.401. The molecule has 1 fully saturated rings. The van der Waals surface area contributed by atoms with Crippen LogP contribution in [0.3, 0.4) is 0 Å². The Balaban J connectivity index is 1.78. The van der Waals surface area contributed by atoms with Gasteiger partial charge in [-0.05, 0) is 25.5 Å². The summed E-state index contributed by atoms with van der Waals surface area (Å²) < 4.78 is 53.5. The first-order valence-electron chi connectivity index (χ1n) is 12.1. The normalized spacial score (nSPS) is 21.3. The second kappa shape index (κ2) is 12.5. The van der Waals surface area contributed by atoms with Crippen LogP contribution in [-0.4, -0.2) is 77.6 Å². The number of amidine groups is 1. The molecule has 2 aliphatic heterocycles. The Morgan fingerprint density at radius 1 is 1.36 bits per heavy atom. The number of likely N-dealkylation sites (tertiary alicyclic amines) is 1. The van der Waals surface area contributed by atoms with Crippen LogP contribution in [0.2, 0.25) is 5.02 Å². The summed E-state index contributed by atoms with van der Waals surface area (Å²) in [5.41, 5.74) is 0.587. The molecular weight excluding hydrogens is 561 g/mol. The fraction of sp³-hybridized carbons (Fsp3) is 0.440. The number of benzene rings is 1. The minimum Gasteiger partial charge on any atom is -0.480 e. The molecule has 3 heterocycles. The van der Waals surface area contributed by atoms with Gasteiger partial charge in [0, 0.05) is 46.9 Å². The van der Waals surface area contributed by atoms with E-state index in [0.717, 1.165) is 6.07 Å². The Labute approximate surface area is 231 Å². The third kappa shape index (κ3) is 7.15. The first-order chi connectivity index (χ1) is 18.6. The highest BCUT2D eigenvalue weighted by molar-refractivity contribution is 7.11. The number of nitrogens with zero attached hydrogens (tertiary/aromatic N) is 3. The van der Waals surface area contributed by atoms with Gasteiger partial charge in [0.1, 0.15) is 18.5 Å². The largest absolute Gasteiger partial charge is 0.480 e. The second-order valence-electron chi connectivity index (χ2n) is 8.98. The molecule has 1 unspecified atom stereocenters. The molecule has 2 aromatic rings. The van der Waals surface area contributed by atoms with Crippen LogP contribution in [0.15, 0.2) is 46.0 Å². The van der Waals surface area contributed by atoms with Crippen molar-refractivity contribution in [2.24, 2.45) is 4.99 Å². The summed E-state index contributed by atoms with van der Waals surface area (Å²) in [5.74, 6) is -5.22. The van der Waals surface area contributed by atoms with Gasteiger partial charge in [-0.1, -0.05) is 17.7 Å². The number of nitrogens with one attached hydrogen (secondary N) is 1. The van der Waals surface area contributed by atoms with E-state index in [0.29, 0.717) is 10.6 Å². The molecule has 0 spiro atoms. The average molecular weight is 587 g/mol. The highest BCUT2D eigenvalue weighted by Gasteiger charge is 2.42. The van der Waals surface area contributed by atoms with Crippen LogP contribution in [0, 0.1) is 5.82 Å². The molecular formula is C25H26ClF3N4O5S. The topological polar surface area (TPSA) is 113 Å². The summed E-state index contributed by atoms with van der Waals surface area (Å²) >= 11 is 7.64. The van der Waals surface area contributed by atoms with Crippen LogP contribution in [0.5, 0.6) is 0 Å². The molecule has 9 nitrogen and oxygen atoms in total. The van der Waals surface area contributed by atoms with Crippen molar-refractivity contribution in [2.75, 3.05) is 32.9 Å². The SMILES string of the molecule is CCOC(=O)C1=C(CN2CC(F)(F)CCC2COCC(=O)O)NC(c2nccs2)=N[C@H]1c1ccc(F)cc1Cl. The number of carbonyl (C=O) groups excluding carboxylic acids is 1. The number of aliphatic imine (C=N–C) groups is 1. The molecule has 2 atom stereocenters. The molecule has 0 bridgehead atoms. The fourth-order valence-electron chi connectivity index (χ4n) is 4.49. The Kier molecular flexibility index (Phi) is 9.26. The summed E-state index contributed by atoms with van der Waals surface area (Å²) in [5, 5.41) is 14.2. The molecule has 0 saturated carbocycles. The number of hydrogen-bond donors (Lipinski definition) is 2. The van der Waals surface area contributed by atoms with Crippen LogP contribution in [-0.2, 0) is 19.1 Å². The van der Waals surface area contributed by atoms with Gasteiger partial charge in [-0.25, -0.2) is 27.7 Å². The van der Waals surface area contributed by atoms with Crippen molar-refractivity contribution in [2.45, 2.75) is 37.8 Å². The average Bonchev–Trinajstić information content (AvgIpc) is 3.40. The van der Waals surface area contributed by atoms with E-state index in [-0.39, 0.29) is 54.7 Å². The maximum atomic E-state index is 14.6. The van der Waals surface area contributed by atoms with Gasteiger partial charge in [0.05, 0.1) is 25.3 Å². The number of rotatable bonds is 10. The Hall–Kier alpha value is -3.00. The maximum Gasteiger partial charge on any atom is 0.338 e. The van der Waals surface area contributed by atoms with Crippen molar-refractivity contribution in [3.63, 3.8) is 0 Å². The van der Waals surface area contributed by atoms with E-state index in [2.05, 4.69) is 15.3 Å². The number of carboxylic acids is 1. The third-order valence-electron chi connectivity index (χ3n) is 6.20. The lowest BCUT2D eigenvalue weighted by atomic mass is 9.94. The summed E-state index contributed by atoms with van der Waals surface area (Å²) in [4.78, 5) is 34.6. The molecule has 2 N–H and O–H groups in total. The zero-order chi connectivity index (χ0) is 28.2. The molecule has 1 aromatic carbocycles. The number of thiazole rings is 1. The first kappa shape index (κ1) is 29.0. The van der Waals surface area contributed by atoms with E-state index in [9.17, 15) is 22.8 Å². The summed E-state index contributed by atoms with van der Waals surface area (Å²) in [6.07, 6.45) is 1.23. The van der Waals surface area contributed by atoms with E-state index in [4.69, 9.17) is 26.2 Å². The molecule has 0 radical (unpaired) electrons. The van der Waals surface area contributed by atoms with Gasteiger partial charge in [0.25, 0.3) is 5.92 Å². The predicted molar refractivity (Wildman–Crippen MR) is 138 cm³/mol. The van der Waals surface area contributed by atoms with Crippen molar-refractivity contribution in [1.82, 2.24) is 15.2 Å². The molecule has 39 heavy (non-hydrogen) atoms.